The van der Waals surface area contributed by atoms with Gasteiger partial charge < -0.3 is 0 Å². The van der Waals surface area contributed by atoms with Gasteiger partial charge in [0.25, 0.3) is 0 Å². The molecule has 2 rings (SSSR count). The third-order valence-corrected chi connectivity index (χ3v) is 2.48. The van der Waals surface area contributed by atoms with Crippen molar-refractivity contribution < 1.29 is 4.39 Å². The van der Waals surface area contributed by atoms with Gasteiger partial charge in [-0.1, -0.05) is 26.0 Å². The van der Waals surface area contributed by atoms with Crippen LogP contribution in [0.4, 0.5) is 4.39 Å². The summed E-state index contributed by atoms with van der Waals surface area (Å²) in [6.45, 7) is 3.95. The quantitative estimate of drug-likeness (QED) is 0.768. The van der Waals surface area contributed by atoms with Crippen molar-refractivity contribution in [1.29, 1.82) is 0 Å². The second kappa shape index (κ2) is 4.39. The number of rotatable bonds is 2. The zero-order chi connectivity index (χ0) is 11.5. The SMILES string of the molecule is CC(C)c1ccc(-c2cnccn2)cc1F. The fourth-order valence-corrected chi connectivity index (χ4v) is 1.60. The van der Waals surface area contributed by atoms with Gasteiger partial charge in [0.1, 0.15) is 5.82 Å². The van der Waals surface area contributed by atoms with E-state index < -0.39 is 0 Å². The average Bonchev–Trinajstić information content (AvgIpc) is 2.29. The van der Waals surface area contributed by atoms with Crippen LogP contribution in [0.15, 0.2) is 36.8 Å². The van der Waals surface area contributed by atoms with Crippen molar-refractivity contribution in [3.05, 3.63) is 48.2 Å². The van der Waals surface area contributed by atoms with E-state index in [1.807, 2.05) is 26.0 Å². The van der Waals surface area contributed by atoms with Gasteiger partial charge in [0, 0.05) is 18.0 Å². The number of benzene rings is 1. The summed E-state index contributed by atoms with van der Waals surface area (Å²) >= 11 is 0. The molecule has 2 aromatic rings. The predicted molar refractivity (Wildman–Crippen MR) is 61.5 cm³/mol. The van der Waals surface area contributed by atoms with Crippen LogP contribution in [-0.2, 0) is 0 Å². The summed E-state index contributed by atoms with van der Waals surface area (Å²) in [6, 6.07) is 5.20. The molecule has 0 radical (unpaired) electrons. The van der Waals surface area contributed by atoms with Crippen molar-refractivity contribution in [2.75, 3.05) is 0 Å². The molecule has 0 N–H and O–H groups in total. The average molecular weight is 216 g/mol. The molecule has 0 atom stereocenters. The molecule has 0 unspecified atom stereocenters. The molecule has 0 saturated carbocycles. The molecule has 2 nitrogen and oxygen atoms in total. The van der Waals surface area contributed by atoms with Gasteiger partial charge >= 0.3 is 0 Å². The maximum absolute atomic E-state index is 13.7. The monoisotopic (exact) mass is 216 g/mol. The van der Waals surface area contributed by atoms with Crippen molar-refractivity contribution in [2.45, 2.75) is 19.8 Å². The number of hydrogen-bond acceptors (Lipinski definition) is 2. The highest BCUT2D eigenvalue weighted by atomic mass is 19.1. The van der Waals surface area contributed by atoms with Crippen LogP contribution < -0.4 is 0 Å². The highest BCUT2D eigenvalue weighted by Gasteiger charge is 2.08. The summed E-state index contributed by atoms with van der Waals surface area (Å²) in [7, 11) is 0. The molecule has 0 aliphatic carbocycles. The third kappa shape index (κ3) is 2.08. The van der Waals surface area contributed by atoms with Crippen molar-refractivity contribution >= 4 is 0 Å². The topological polar surface area (TPSA) is 25.8 Å². The molecule has 0 saturated heterocycles. The lowest BCUT2D eigenvalue weighted by molar-refractivity contribution is 0.599. The number of halogens is 1. The van der Waals surface area contributed by atoms with E-state index in [2.05, 4.69) is 9.97 Å². The Morgan fingerprint density at radius 3 is 2.56 bits per heavy atom. The van der Waals surface area contributed by atoms with Gasteiger partial charge in [-0.25, -0.2) is 4.39 Å². The number of aromatic nitrogens is 2. The minimum absolute atomic E-state index is 0.182. The summed E-state index contributed by atoms with van der Waals surface area (Å²) in [5.74, 6) is 0.00839. The Balaban J connectivity index is 2.43. The Hall–Kier alpha value is -1.77. The van der Waals surface area contributed by atoms with Crippen LogP contribution in [0.3, 0.4) is 0 Å². The van der Waals surface area contributed by atoms with E-state index in [0.29, 0.717) is 5.69 Å². The molecule has 0 bridgehead atoms. The Kier molecular flexibility index (Phi) is 2.95. The molecule has 16 heavy (non-hydrogen) atoms. The standard InChI is InChI=1S/C13H13FN2/c1-9(2)11-4-3-10(7-12(11)14)13-8-15-5-6-16-13/h3-9H,1-2H3. The summed E-state index contributed by atoms with van der Waals surface area (Å²) in [5, 5.41) is 0. The summed E-state index contributed by atoms with van der Waals surface area (Å²) in [5.41, 5.74) is 2.18. The van der Waals surface area contributed by atoms with E-state index >= 15 is 0 Å². The lowest BCUT2D eigenvalue weighted by Crippen LogP contribution is -1.94. The predicted octanol–water partition coefficient (Wildman–Crippen LogP) is 3.41. The maximum Gasteiger partial charge on any atom is 0.127 e. The van der Waals surface area contributed by atoms with E-state index in [1.54, 1.807) is 18.6 Å². The van der Waals surface area contributed by atoms with Crippen LogP contribution >= 0.6 is 0 Å². The van der Waals surface area contributed by atoms with Crippen molar-refractivity contribution in [3.8, 4) is 11.3 Å². The molecule has 3 heteroatoms. The Morgan fingerprint density at radius 2 is 2.00 bits per heavy atom. The molecular formula is C13H13FN2. The van der Waals surface area contributed by atoms with Gasteiger partial charge in [-0.3, -0.25) is 9.97 Å². The molecule has 82 valence electrons. The van der Waals surface area contributed by atoms with Crippen LogP contribution in [0.2, 0.25) is 0 Å². The molecular weight excluding hydrogens is 203 g/mol. The van der Waals surface area contributed by atoms with Gasteiger partial charge in [0.05, 0.1) is 11.9 Å². The summed E-state index contributed by atoms with van der Waals surface area (Å²) in [4.78, 5) is 8.10. The molecule has 0 aliphatic heterocycles. The van der Waals surface area contributed by atoms with Crippen molar-refractivity contribution in [3.63, 3.8) is 0 Å². The van der Waals surface area contributed by atoms with Crippen LogP contribution in [0.5, 0.6) is 0 Å². The number of hydrogen-bond donors (Lipinski definition) is 0. The van der Waals surface area contributed by atoms with E-state index in [9.17, 15) is 4.39 Å². The molecule has 1 aromatic heterocycles. The van der Waals surface area contributed by atoms with Gasteiger partial charge in [-0.2, -0.15) is 0 Å². The largest absolute Gasteiger partial charge is 0.261 e. The molecule has 0 aliphatic rings. The first-order chi connectivity index (χ1) is 7.68. The second-order valence-corrected chi connectivity index (χ2v) is 3.98. The van der Waals surface area contributed by atoms with E-state index in [-0.39, 0.29) is 11.7 Å². The highest BCUT2D eigenvalue weighted by molar-refractivity contribution is 5.58. The lowest BCUT2D eigenvalue weighted by atomic mass is 10.00. The zero-order valence-corrected chi connectivity index (χ0v) is 9.31. The first-order valence-electron chi connectivity index (χ1n) is 5.24. The molecule has 1 aromatic carbocycles. The minimum Gasteiger partial charge on any atom is -0.261 e. The van der Waals surface area contributed by atoms with Gasteiger partial charge in [-0.05, 0) is 17.5 Å². The molecule has 0 amide bonds. The van der Waals surface area contributed by atoms with Crippen molar-refractivity contribution in [1.82, 2.24) is 9.97 Å². The van der Waals surface area contributed by atoms with Gasteiger partial charge in [0.15, 0.2) is 0 Å². The second-order valence-electron chi connectivity index (χ2n) is 3.98. The van der Waals surface area contributed by atoms with Crippen LogP contribution in [-0.4, -0.2) is 9.97 Å². The lowest BCUT2D eigenvalue weighted by Gasteiger charge is -2.08. The van der Waals surface area contributed by atoms with Gasteiger partial charge in [0.2, 0.25) is 0 Å². The van der Waals surface area contributed by atoms with E-state index in [1.165, 1.54) is 6.07 Å². The van der Waals surface area contributed by atoms with E-state index in [4.69, 9.17) is 0 Å². The summed E-state index contributed by atoms with van der Waals surface area (Å²) in [6.07, 6.45) is 4.83. The summed E-state index contributed by atoms with van der Waals surface area (Å²) < 4.78 is 13.7. The van der Waals surface area contributed by atoms with Crippen molar-refractivity contribution in [2.24, 2.45) is 0 Å². The van der Waals surface area contributed by atoms with Crippen LogP contribution in [0.25, 0.3) is 11.3 Å². The number of nitrogens with zero attached hydrogens (tertiary/aromatic N) is 2. The molecule has 1 heterocycles. The first kappa shape index (κ1) is 10.7. The minimum atomic E-state index is -0.182. The Labute approximate surface area is 94.2 Å². The highest BCUT2D eigenvalue weighted by Crippen LogP contribution is 2.23. The van der Waals surface area contributed by atoms with Crippen LogP contribution in [0, 0.1) is 5.82 Å². The smallest absolute Gasteiger partial charge is 0.127 e. The maximum atomic E-state index is 13.7. The fourth-order valence-electron chi connectivity index (χ4n) is 1.60. The van der Waals surface area contributed by atoms with Crippen LogP contribution in [0.1, 0.15) is 25.3 Å². The third-order valence-electron chi connectivity index (χ3n) is 2.48. The zero-order valence-electron chi connectivity index (χ0n) is 9.31. The first-order valence-corrected chi connectivity index (χ1v) is 5.24. The molecule has 0 fully saturated rings. The molecule has 0 spiro atoms. The normalized spacial score (nSPS) is 10.8. The Morgan fingerprint density at radius 1 is 1.19 bits per heavy atom. The fraction of sp³-hybridized carbons (Fsp3) is 0.231. The Bertz CT molecular complexity index is 481. The van der Waals surface area contributed by atoms with E-state index in [0.717, 1.165) is 11.1 Å². The van der Waals surface area contributed by atoms with Gasteiger partial charge in [-0.15, -0.1) is 0 Å².